The van der Waals surface area contributed by atoms with Gasteiger partial charge in [-0.25, -0.2) is 4.39 Å². The van der Waals surface area contributed by atoms with Crippen molar-refractivity contribution in [2.24, 2.45) is 0 Å². The van der Waals surface area contributed by atoms with Crippen LogP contribution in [0.25, 0.3) is 0 Å². The van der Waals surface area contributed by atoms with Gasteiger partial charge >= 0.3 is 0 Å². The fourth-order valence-corrected chi connectivity index (χ4v) is 3.01. The quantitative estimate of drug-likeness (QED) is 0.817. The molecule has 0 aliphatic carbocycles. The molecule has 1 aliphatic heterocycles. The molecule has 1 atom stereocenters. The van der Waals surface area contributed by atoms with E-state index in [2.05, 4.69) is 27.8 Å². The molecule has 2 nitrogen and oxygen atoms in total. The Kier molecular flexibility index (Phi) is 4.23. The van der Waals surface area contributed by atoms with Gasteiger partial charge in [-0.05, 0) is 53.7 Å². The van der Waals surface area contributed by atoms with Gasteiger partial charge in [0.15, 0.2) is 5.82 Å². The maximum Gasteiger partial charge on any atom is 0.161 e. The Morgan fingerprint density at radius 2 is 2.28 bits per heavy atom. The zero-order valence-electron chi connectivity index (χ0n) is 10.4. The van der Waals surface area contributed by atoms with E-state index in [4.69, 9.17) is 5.26 Å². The van der Waals surface area contributed by atoms with Crippen molar-refractivity contribution in [1.29, 1.82) is 5.26 Å². The number of anilines is 1. The number of benzene rings is 1. The summed E-state index contributed by atoms with van der Waals surface area (Å²) in [6, 6.07) is 5.81. The van der Waals surface area contributed by atoms with Gasteiger partial charge in [0.05, 0.1) is 15.7 Å². The van der Waals surface area contributed by atoms with E-state index in [1.54, 1.807) is 12.1 Å². The number of nitriles is 1. The largest absolute Gasteiger partial charge is 0.366 e. The van der Waals surface area contributed by atoms with E-state index >= 15 is 0 Å². The summed E-state index contributed by atoms with van der Waals surface area (Å²) >= 11 is 3.18. The van der Waals surface area contributed by atoms with Crippen LogP contribution < -0.4 is 4.90 Å². The first-order chi connectivity index (χ1) is 8.69. The molecule has 4 heteroatoms. The van der Waals surface area contributed by atoms with E-state index < -0.39 is 0 Å². The van der Waals surface area contributed by atoms with Gasteiger partial charge in [-0.1, -0.05) is 6.92 Å². The van der Waals surface area contributed by atoms with Gasteiger partial charge in [-0.15, -0.1) is 0 Å². The topological polar surface area (TPSA) is 27.0 Å². The average molecular weight is 311 g/mol. The van der Waals surface area contributed by atoms with Crippen LogP contribution in [0, 0.1) is 17.1 Å². The third-order valence-electron chi connectivity index (χ3n) is 3.59. The third-order valence-corrected chi connectivity index (χ3v) is 4.37. The standard InChI is InChI=1S/C14H16BrFN2/c1-2-11-5-3-4-8-18(11)12-7-6-10(9-17)13(15)14(12)16/h6-7,11H,2-5,8H2,1H3. The maximum atomic E-state index is 14.3. The molecule has 0 saturated carbocycles. The molecule has 0 bridgehead atoms. The second-order valence-electron chi connectivity index (χ2n) is 4.62. The molecule has 1 unspecified atom stereocenters. The summed E-state index contributed by atoms with van der Waals surface area (Å²) in [5, 5.41) is 8.88. The minimum absolute atomic E-state index is 0.280. The highest BCUT2D eigenvalue weighted by Crippen LogP contribution is 2.33. The first-order valence-electron chi connectivity index (χ1n) is 6.33. The summed E-state index contributed by atoms with van der Waals surface area (Å²) < 4.78 is 14.6. The monoisotopic (exact) mass is 310 g/mol. The molecular formula is C14H16BrFN2. The number of nitrogens with zero attached hydrogens (tertiary/aromatic N) is 2. The highest BCUT2D eigenvalue weighted by molar-refractivity contribution is 9.10. The molecule has 0 amide bonds. The number of piperidine rings is 1. The molecule has 1 aliphatic rings. The minimum atomic E-state index is -0.311. The molecule has 1 fully saturated rings. The van der Waals surface area contributed by atoms with Crippen molar-refractivity contribution in [3.05, 3.63) is 28.0 Å². The molecule has 1 saturated heterocycles. The highest BCUT2D eigenvalue weighted by atomic mass is 79.9. The zero-order chi connectivity index (χ0) is 13.1. The van der Waals surface area contributed by atoms with Gasteiger partial charge in [0.1, 0.15) is 6.07 Å². The molecule has 0 spiro atoms. The van der Waals surface area contributed by atoms with Crippen molar-refractivity contribution in [3.8, 4) is 6.07 Å². The number of hydrogen-bond acceptors (Lipinski definition) is 2. The van der Waals surface area contributed by atoms with E-state index in [0.717, 1.165) is 25.8 Å². The van der Waals surface area contributed by atoms with E-state index in [1.807, 2.05) is 6.07 Å². The zero-order valence-corrected chi connectivity index (χ0v) is 12.0. The van der Waals surface area contributed by atoms with Gasteiger partial charge in [0, 0.05) is 12.6 Å². The van der Waals surface area contributed by atoms with Crippen LogP contribution in [0.3, 0.4) is 0 Å². The van der Waals surface area contributed by atoms with Gasteiger partial charge in [0.2, 0.25) is 0 Å². The SMILES string of the molecule is CCC1CCCCN1c1ccc(C#N)c(Br)c1F. The van der Waals surface area contributed by atoms with Gasteiger partial charge in [-0.2, -0.15) is 5.26 Å². The lowest BCUT2D eigenvalue weighted by Gasteiger charge is -2.37. The second kappa shape index (κ2) is 5.71. The summed E-state index contributed by atoms with van der Waals surface area (Å²) in [5.74, 6) is -0.311. The Hall–Kier alpha value is -1.08. The van der Waals surface area contributed by atoms with Gasteiger partial charge in [-0.3, -0.25) is 0 Å². The number of halogens is 2. The lowest BCUT2D eigenvalue weighted by Crippen LogP contribution is -2.39. The number of hydrogen-bond donors (Lipinski definition) is 0. The Morgan fingerprint density at radius 1 is 1.50 bits per heavy atom. The molecule has 18 heavy (non-hydrogen) atoms. The van der Waals surface area contributed by atoms with Crippen molar-refractivity contribution in [2.45, 2.75) is 38.6 Å². The van der Waals surface area contributed by atoms with E-state index in [9.17, 15) is 4.39 Å². The average Bonchev–Trinajstić information content (AvgIpc) is 2.42. The van der Waals surface area contributed by atoms with E-state index in [-0.39, 0.29) is 10.3 Å². The third kappa shape index (κ3) is 2.37. The molecule has 0 N–H and O–H groups in total. The van der Waals surface area contributed by atoms with Crippen molar-refractivity contribution in [1.82, 2.24) is 0 Å². The van der Waals surface area contributed by atoms with Crippen LogP contribution in [0.5, 0.6) is 0 Å². The molecular weight excluding hydrogens is 295 g/mol. The molecule has 2 rings (SSSR count). The molecule has 1 aromatic rings. The lowest BCUT2D eigenvalue weighted by molar-refractivity contribution is 0.443. The molecule has 96 valence electrons. The Morgan fingerprint density at radius 3 is 2.94 bits per heavy atom. The Balaban J connectivity index is 2.38. The van der Waals surface area contributed by atoms with Crippen LogP contribution >= 0.6 is 15.9 Å². The summed E-state index contributed by atoms with van der Waals surface area (Å²) in [7, 11) is 0. The van der Waals surface area contributed by atoms with Gasteiger partial charge < -0.3 is 4.90 Å². The van der Waals surface area contributed by atoms with Crippen molar-refractivity contribution in [3.63, 3.8) is 0 Å². The minimum Gasteiger partial charge on any atom is -0.366 e. The predicted octanol–water partition coefficient (Wildman–Crippen LogP) is 4.23. The van der Waals surface area contributed by atoms with Crippen LogP contribution in [0.4, 0.5) is 10.1 Å². The Labute approximate surface area is 116 Å². The molecule has 1 heterocycles. The van der Waals surface area contributed by atoms with Gasteiger partial charge in [0.25, 0.3) is 0 Å². The smallest absolute Gasteiger partial charge is 0.161 e. The van der Waals surface area contributed by atoms with Crippen LogP contribution in [-0.4, -0.2) is 12.6 Å². The van der Waals surface area contributed by atoms with Crippen molar-refractivity contribution >= 4 is 21.6 Å². The summed E-state index contributed by atoms with van der Waals surface area (Å²) in [6.45, 7) is 3.04. The van der Waals surface area contributed by atoms with Crippen molar-refractivity contribution < 1.29 is 4.39 Å². The lowest BCUT2D eigenvalue weighted by atomic mass is 9.99. The Bertz CT molecular complexity index is 481. The van der Waals surface area contributed by atoms with E-state index in [0.29, 0.717) is 17.3 Å². The van der Waals surface area contributed by atoms with Crippen LogP contribution in [0.2, 0.25) is 0 Å². The number of rotatable bonds is 2. The summed E-state index contributed by atoms with van der Waals surface area (Å²) in [5.41, 5.74) is 0.966. The summed E-state index contributed by atoms with van der Waals surface area (Å²) in [6.07, 6.45) is 4.46. The first-order valence-corrected chi connectivity index (χ1v) is 7.13. The second-order valence-corrected chi connectivity index (χ2v) is 5.42. The summed E-state index contributed by atoms with van der Waals surface area (Å²) in [4.78, 5) is 2.14. The predicted molar refractivity (Wildman–Crippen MR) is 74.1 cm³/mol. The molecule has 1 aromatic carbocycles. The van der Waals surface area contributed by atoms with E-state index in [1.165, 1.54) is 6.42 Å². The normalized spacial score (nSPS) is 19.7. The van der Waals surface area contributed by atoms with Crippen LogP contribution in [-0.2, 0) is 0 Å². The van der Waals surface area contributed by atoms with Crippen molar-refractivity contribution in [2.75, 3.05) is 11.4 Å². The fourth-order valence-electron chi connectivity index (χ4n) is 2.59. The molecule has 0 aromatic heterocycles. The fraction of sp³-hybridized carbons (Fsp3) is 0.500. The van der Waals surface area contributed by atoms with Crippen LogP contribution in [0.15, 0.2) is 16.6 Å². The maximum absolute atomic E-state index is 14.3. The van der Waals surface area contributed by atoms with Crippen LogP contribution in [0.1, 0.15) is 38.2 Å². The highest BCUT2D eigenvalue weighted by Gasteiger charge is 2.24. The first kappa shape index (κ1) is 13.4. The molecule has 0 radical (unpaired) electrons.